The van der Waals surface area contributed by atoms with Crippen molar-refractivity contribution in [1.29, 1.82) is 0 Å². The molecule has 0 bridgehead atoms. The minimum absolute atomic E-state index is 0.0455. The first-order valence-electron chi connectivity index (χ1n) is 11.9. The Labute approximate surface area is 218 Å². The minimum Gasteiger partial charge on any atom is -0.486 e. The minimum atomic E-state index is -0.339. The molecule has 2 fully saturated rings. The van der Waals surface area contributed by atoms with E-state index in [4.69, 9.17) is 16.3 Å². The van der Waals surface area contributed by atoms with Crippen LogP contribution < -0.4 is 15.0 Å². The van der Waals surface area contributed by atoms with Gasteiger partial charge in [0.1, 0.15) is 30.2 Å². The van der Waals surface area contributed by atoms with Crippen LogP contribution in [0.1, 0.15) is 5.69 Å². The average Bonchev–Trinajstić information content (AvgIpc) is 2.85. The number of fused-ring (bicyclic) bond motifs is 1. The molecule has 2 aliphatic rings. The molecule has 2 aromatic heterocycles. The molecule has 188 valence electrons. The van der Waals surface area contributed by atoms with Crippen molar-refractivity contribution in [3.8, 4) is 5.75 Å². The fourth-order valence-electron chi connectivity index (χ4n) is 5.28. The number of nitro groups is 1. The van der Waals surface area contributed by atoms with Crippen LogP contribution >= 0.6 is 11.6 Å². The number of nitro benzene ring substituents is 1. The molecule has 2 saturated heterocycles. The normalized spacial score (nSPS) is 16.3. The number of nitrogens with zero attached hydrogens (tertiary/aromatic N) is 6. The number of halogens is 1. The van der Waals surface area contributed by atoms with E-state index in [1.165, 1.54) is 6.33 Å². The molecule has 0 unspecified atom stereocenters. The van der Waals surface area contributed by atoms with Gasteiger partial charge in [-0.25, -0.2) is 9.97 Å². The fraction of sp³-hybridized carbons (Fsp3) is 0.269. The highest BCUT2D eigenvalue weighted by atomic mass is 35.5. The zero-order valence-electron chi connectivity index (χ0n) is 20.1. The quantitative estimate of drug-likeness (QED) is 0.276. The Morgan fingerprint density at radius 1 is 1.11 bits per heavy atom. The summed E-state index contributed by atoms with van der Waals surface area (Å²) in [6.45, 7) is 3.97. The van der Waals surface area contributed by atoms with Crippen LogP contribution in [0, 0.1) is 15.5 Å². The number of rotatable bonds is 7. The molecule has 4 heterocycles. The summed E-state index contributed by atoms with van der Waals surface area (Å²) in [6, 6.07) is 14.3. The largest absolute Gasteiger partial charge is 0.486 e. The van der Waals surface area contributed by atoms with E-state index in [2.05, 4.69) is 37.1 Å². The molecule has 1 spiro atoms. The topological polar surface area (TPSA) is 110 Å². The van der Waals surface area contributed by atoms with Gasteiger partial charge in [-0.05, 0) is 43.4 Å². The molecular formula is C26H24ClN7O3. The maximum atomic E-state index is 12.0. The van der Waals surface area contributed by atoms with Gasteiger partial charge in [0.2, 0.25) is 0 Å². The highest BCUT2D eigenvalue weighted by Crippen LogP contribution is 2.45. The summed E-state index contributed by atoms with van der Waals surface area (Å²) in [6.07, 6.45) is 3.16. The van der Waals surface area contributed by atoms with Gasteiger partial charge >= 0.3 is 0 Å². The Morgan fingerprint density at radius 2 is 1.95 bits per heavy atom. The Bertz CT molecular complexity index is 1490. The third-order valence-electron chi connectivity index (χ3n) is 6.83. The van der Waals surface area contributed by atoms with Crippen molar-refractivity contribution in [2.75, 3.05) is 43.4 Å². The first-order valence-corrected chi connectivity index (χ1v) is 12.2. The van der Waals surface area contributed by atoms with Crippen LogP contribution in [-0.4, -0.2) is 58.0 Å². The van der Waals surface area contributed by atoms with Crippen molar-refractivity contribution < 1.29 is 9.66 Å². The lowest BCUT2D eigenvalue weighted by atomic mass is 9.73. The number of hydrogen-bond acceptors (Lipinski definition) is 9. The van der Waals surface area contributed by atoms with Crippen LogP contribution in [0.25, 0.3) is 10.9 Å². The van der Waals surface area contributed by atoms with Crippen LogP contribution in [0.5, 0.6) is 5.75 Å². The molecule has 6 rings (SSSR count). The molecule has 0 amide bonds. The summed E-state index contributed by atoms with van der Waals surface area (Å²) in [5.74, 6) is 0.981. The molecule has 4 aromatic rings. The van der Waals surface area contributed by atoms with Gasteiger partial charge in [-0.2, -0.15) is 0 Å². The highest BCUT2D eigenvalue weighted by Gasteiger charge is 2.51. The number of aromatic nitrogens is 3. The SMILES string of the molecule is CN1CC2(C1)CN(c1cc3ncnc(Nc4ccc(OCc5ccccn5)c(Cl)c4)c3cc1[N+](=O)[O-])C2. The Kier molecular flexibility index (Phi) is 5.77. The molecule has 0 atom stereocenters. The number of anilines is 3. The predicted molar refractivity (Wildman–Crippen MR) is 142 cm³/mol. The van der Waals surface area contributed by atoms with Crippen molar-refractivity contribution >= 4 is 45.4 Å². The number of hydrogen-bond donors (Lipinski definition) is 1. The van der Waals surface area contributed by atoms with E-state index in [0.29, 0.717) is 45.5 Å². The number of pyridine rings is 1. The predicted octanol–water partition coefficient (Wildman–Crippen LogP) is 4.66. The van der Waals surface area contributed by atoms with E-state index in [0.717, 1.165) is 31.9 Å². The first-order chi connectivity index (χ1) is 17.9. The van der Waals surface area contributed by atoms with E-state index in [1.807, 2.05) is 24.3 Å². The second-order valence-electron chi connectivity index (χ2n) is 9.75. The molecule has 10 nitrogen and oxygen atoms in total. The van der Waals surface area contributed by atoms with Gasteiger partial charge in [0.25, 0.3) is 5.69 Å². The van der Waals surface area contributed by atoms with Crippen molar-refractivity contribution in [3.05, 3.63) is 81.9 Å². The van der Waals surface area contributed by atoms with Crippen molar-refractivity contribution in [3.63, 3.8) is 0 Å². The van der Waals surface area contributed by atoms with Gasteiger partial charge in [-0.15, -0.1) is 0 Å². The van der Waals surface area contributed by atoms with Gasteiger partial charge in [-0.3, -0.25) is 15.1 Å². The van der Waals surface area contributed by atoms with Crippen molar-refractivity contribution in [1.82, 2.24) is 19.9 Å². The summed E-state index contributed by atoms with van der Waals surface area (Å²) in [5, 5.41) is 16.2. The zero-order chi connectivity index (χ0) is 25.6. The van der Waals surface area contributed by atoms with Crippen molar-refractivity contribution in [2.24, 2.45) is 5.41 Å². The lowest BCUT2D eigenvalue weighted by Crippen LogP contribution is -2.71. The van der Waals surface area contributed by atoms with E-state index < -0.39 is 0 Å². The molecular weight excluding hydrogens is 494 g/mol. The molecule has 11 heteroatoms. The summed E-state index contributed by atoms with van der Waals surface area (Å²) in [4.78, 5) is 29.0. The van der Waals surface area contributed by atoms with Gasteiger partial charge < -0.3 is 19.9 Å². The monoisotopic (exact) mass is 517 g/mol. The second kappa shape index (κ2) is 9.13. The first kappa shape index (κ1) is 23.4. The second-order valence-corrected chi connectivity index (χ2v) is 10.2. The van der Waals surface area contributed by atoms with Crippen LogP contribution in [0.15, 0.2) is 61.1 Å². The third kappa shape index (κ3) is 4.49. The fourth-order valence-corrected chi connectivity index (χ4v) is 5.52. The lowest BCUT2D eigenvalue weighted by molar-refractivity contribution is -0.384. The van der Waals surface area contributed by atoms with Crippen LogP contribution in [0.4, 0.5) is 22.9 Å². The van der Waals surface area contributed by atoms with Crippen LogP contribution in [-0.2, 0) is 6.61 Å². The Balaban J connectivity index is 1.24. The summed E-state index contributed by atoms with van der Waals surface area (Å²) in [5.41, 5.74) is 2.99. The Morgan fingerprint density at radius 3 is 2.65 bits per heavy atom. The molecule has 37 heavy (non-hydrogen) atoms. The van der Waals surface area contributed by atoms with Gasteiger partial charge in [0.15, 0.2) is 0 Å². The number of likely N-dealkylation sites (tertiary alicyclic amines) is 1. The van der Waals surface area contributed by atoms with Gasteiger partial charge in [0.05, 0.1) is 21.2 Å². The summed E-state index contributed by atoms with van der Waals surface area (Å²) < 4.78 is 5.79. The van der Waals surface area contributed by atoms with E-state index in [9.17, 15) is 10.1 Å². The molecule has 0 radical (unpaired) electrons. The standard InChI is InChI=1S/C26H24ClN7O3/c1-32-12-26(13-32)14-33(15-26)22-10-21-19(9-23(22)34(35)36)25(30-16-29-21)31-17-5-6-24(20(27)8-17)37-11-18-4-2-3-7-28-18/h2-10,16H,11-15H2,1H3,(H,29,30,31). The summed E-state index contributed by atoms with van der Waals surface area (Å²) in [7, 11) is 2.09. The molecule has 0 saturated carbocycles. The van der Waals surface area contributed by atoms with E-state index >= 15 is 0 Å². The zero-order valence-corrected chi connectivity index (χ0v) is 20.9. The average molecular weight is 518 g/mol. The smallest absolute Gasteiger partial charge is 0.293 e. The number of nitrogens with one attached hydrogen (secondary N) is 1. The van der Waals surface area contributed by atoms with Gasteiger partial charge in [0, 0.05) is 54.9 Å². The highest BCUT2D eigenvalue weighted by molar-refractivity contribution is 6.32. The van der Waals surface area contributed by atoms with E-state index in [-0.39, 0.29) is 16.0 Å². The summed E-state index contributed by atoms with van der Waals surface area (Å²) >= 11 is 6.46. The lowest BCUT2D eigenvalue weighted by Gasteiger charge is -2.60. The maximum absolute atomic E-state index is 12.0. The van der Waals surface area contributed by atoms with Crippen molar-refractivity contribution in [2.45, 2.75) is 6.61 Å². The van der Waals surface area contributed by atoms with E-state index in [1.54, 1.807) is 30.5 Å². The number of ether oxygens (including phenoxy) is 1. The number of benzene rings is 2. The third-order valence-corrected chi connectivity index (χ3v) is 7.12. The van der Waals surface area contributed by atoms with Crippen LogP contribution in [0.2, 0.25) is 5.02 Å². The molecule has 0 aliphatic carbocycles. The van der Waals surface area contributed by atoms with Gasteiger partial charge in [-0.1, -0.05) is 17.7 Å². The maximum Gasteiger partial charge on any atom is 0.293 e. The Hall–Kier alpha value is -4.02. The molecule has 2 aliphatic heterocycles. The molecule has 2 aromatic carbocycles. The molecule has 1 N–H and O–H groups in total. The van der Waals surface area contributed by atoms with Crippen LogP contribution in [0.3, 0.4) is 0 Å².